The molecule has 2 nitrogen and oxygen atoms in total. The normalized spacial score (nSPS) is 9.53. The van der Waals surface area contributed by atoms with E-state index in [-0.39, 0.29) is 0 Å². The van der Waals surface area contributed by atoms with Gasteiger partial charge in [0.2, 0.25) is 0 Å². The van der Waals surface area contributed by atoms with Gasteiger partial charge in [-0.1, -0.05) is 48.5 Å². The van der Waals surface area contributed by atoms with Crippen molar-refractivity contribution in [3.05, 3.63) is 78.9 Å². The summed E-state index contributed by atoms with van der Waals surface area (Å²) in [5, 5.41) is 0. The van der Waals surface area contributed by atoms with E-state index in [0.29, 0.717) is 5.88 Å². The second-order valence-corrected chi connectivity index (χ2v) is 4.23. The summed E-state index contributed by atoms with van der Waals surface area (Å²) in [5.74, 6) is 0.570. The van der Waals surface area contributed by atoms with Gasteiger partial charge in [0.05, 0.1) is 6.33 Å². The Bertz CT molecular complexity index is 560. The Kier molecular flexibility index (Phi) is 5.20. The zero-order valence-electron chi connectivity index (χ0n) is 10.5. The van der Waals surface area contributed by atoms with Gasteiger partial charge in [0, 0.05) is 18.3 Å². The fourth-order valence-corrected chi connectivity index (χ4v) is 1.85. The summed E-state index contributed by atoms with van der Waals surface area (Å²) in [7, 11) is 0. The Morgan fingerprint density at radius 2 is 1.74 bits per heavy atom. The first kappa shape index (κ1) is 13.4. The van der Waals surface area contributed by atoms with Gasteiger partial charge in [-0.25, -0.2) is 4.98 Å². The predicted octanol–water partition coefficient (Wildman–Crippen LogP) is 4.50. The van der Waals surface area contributed by atoms with Crippen LogP contribution in [0.25, 0.3) is 11.1 Å². The number of aromatic amines is 1. The maximum Gasteiger partial charge on any atom is 0.0919 e. The van der Waals surface area contributed by atoms with Crippen molar-refractivity contribution in [2.45, 2.75) is 5.88 Å². The summed E-state index contributed by atoms with van der Waals surface area (Å²) >= 11 is 5.79. The maximum absolute atomic E-state index is 5.79. The molecule has 0 saturated carbocycles. The Morgan fingerprint density at radius 3 is 2.32 bits per heavy atom. The standard InChI is InChI=1S/C13H11Cl.C3H4N2/c14-10-11-5-4-8-13(9-11)12-6-2-1-3-7-12;1-2-5-3-4-1/h1-9H,10H2;1-3H,(H,4,5). The van der Waals surface area contributed by atoms with Crippen LogP contribution in [0, 0.1) is 0 Å². The smallest absolute Gasteiger partial charge is 0.0919 e. The van der Waals surface area contributed by atoms with E-state index >= 15 is 0 Å². The maximum atomic E-state index is 5.79. The lowest BCUT2D eigenvalue weighted by Crippen LogP contribution is -1.80. The third kappa shape index (κ3) is 4.27. The molecule has 1 heterocycles. The van der Waals surface area contributed by atoms with E-state index in [0.717, 1.165) is 5.56 Å². The number of imidazole rings is 1. The third-order valence-electron chi connectivity index (χ3n) is 2.59. The van der Waals surface area contributed by atoms with Crippen LogP contribution in [0.3, 0.4) is 0 Å². The second kappa shape index (κ2) is 7.39. The summed E-state index contributed by atoms with van der Waals surface area (Å²) < 4.78 is 0. The first-order valence-corrected chi connectivity index (χ1v) is 6.56. The number of hydrogen-bond donors (Lipinski definition) is 1. The van der Waals surface area contributed by atoms with Gasteiger partial charge in [-0.15, -0.1) is 11.6 Å². The van der Waals surface area contributed by atoms with Gasteiger partial charge in [0.15, 0.2) is 0 Å². The van der Waals surface area contributed by atoms with Crippen molar-refractivity contribution in [2.75, 3.05) is 0 Å². The predicted molar refractivity (Wildman–Crippen MR) is 80.0 cm³/mol. The minimum Gasteiger partial charge on any atom is -0.351 e. The van der Waals surface area contributed by atoms with E-state index in [2.05, 4.69) is 34.2 Å². The van der Waals surface area contributed by atoms with E-state index in [4.69, 9.17) is 11.6 Å². The van der Waals surface area contributed by atoms with Crippen LogP contribution in [0.5, 0.6) is 0 Å². The molecule has 96 valence electrons. The van der Waals surface area contributed by atoms with Crippen LogP contribution < -0.4 is 0 Å². The number of hydrogen-bond acceptors (Lipinski definition) is 1. The first-order valence-electron chi connectivity index (χ1n) is 6.03. The molecule has 0 unspecified atom stereocenters. The molecule has 0 saturated heterocycles. The molecule has 0 radical (unpaired) electrons. The largest absolute Gasteiger partial charge is 0.351 e. The number of rotatable bonds is 2. The average Bonchev–Trinajstić information content (AvgIpc) is 3.08. The van der Waals surface area contributed by atoms with Gasteiger partial charge < -0.3 is 4.98 Å². The van der Waals surface area contributed by atoms with Crippen molar-refractivity contribution in [2.24, 2.45) is 0 Å². The second-order valence-electron chi connectivity index (χ2n) is 3.96. The molecule has 3 rings (SSSR count). The van der Waals surface area contributed by atoms with Crippen LogP contribution >= 0.6 is 11.6 Å². The molecule has 0 fully saturated rings. The van der Waals surface area contributed by atoms with E-state index in [9.17, 15) is 0 Å². The van der Waals surface area contributed by atoms with Crippen LogP contribution in [0.1, 0.15) is 5.56 Å². The average molecular weight is 271 g/mol. The lowest BCUT2D eigenvalue weighted by molar-refractivity contribution is 1.31. The number of H-pyrrole nitrogens is 1. The third-order valence-corrected chi connectivity index (χ3v) is 2.90. The van der Waals surface area contributed by atoms with Gasteiger partial charge in [-0.2, -0.15) is 0 Å². The van der Waals surface area contributed by atoms with Crippen LogP contribution in [-0.2, 0) is 5.88 Å². The number of aromatic nitrogens is 2. The van der Waals surface area contributed by atoms with Gasteiger partial charge in [-0.05, 0) is 22.8 Å². The molecular formula is C16H15ClN2. The zero-order valence-corrected chi connectivity index (χ0v) is 11.2. The van der Waals surface area contributed by atoms with Gasteiger partial charge in [0.25, 0.3) is 0 Å². The summed E-state index contributed by atoms with van der Waals surface area (Å²) in [5.41, 5.74) is 3.62. The molecule has 19 heavy (non-hydrogen) atoms. The fourth-order valence-electron chi connectivity index (χ4n) is 1.68. The molecule has 0 aliphatic heterocycles. The van der Waals surface area contributed by atoms with Crippen molar-refractivity contribution in [1.82, 2.24) is 9.97 Å². The van der Waals surface area contributed by atoms with E-state index < -0.39 is 0 Å². The van der Waals surface area contributed by atoms with Crippen molar-refractivity contribution in [3.63, 3.8) is 0 Å². The molecule has 1 N–H and O–H groups in total. The topological polar surface area (TPSA) is 28.7 Å². The van der Waals surface area contributed by atoms with Crippen molar-refractivity contribution < 1.29 is 0 Å². The summed E-state index contributed by atoms with van der Waals surface area (Å²) in [6.07, 6.45) is 5.08. The monoisotopic (exact) mass is 270 g/mol. The van der Waals surface area contributed by atoms with Crippen LogP contribution in [0.2, 0.25) is 0 Å². The van der Waals surface area contributed by atoms with Crippen molar-refractivity contribution in [3.8, 4) is 11.1 Å². The molecule has 2 aromatic carbocycles. The molecule has 3 heteroatoms. The Morgan fingerprint density at radius 1 is 0.947 bits per heavy atom. The summed E-state index contributed by atoms with van der Waals surface area (Å²) in [6.45, 7) is 0. The van der Waals surface area contributed by atoms with Crippen LogP contribution in [-0.4, -0.2) is 9.97 Å². The van der Waals surface area contributed by atoms with E-state index in [1.54, 1.807) is 18.7 Å². The quantitative estimate of drug-likeness (QED) is 0.682. The Balaban J connectivity index is 0.000000224. The number of benzene rings is 2. The van der Waals surface area contributed by atoms with Gasteiger partial charge >= 0.3 is 0 Å². The highest BCUT2D eigenvalue weighted by Gasteiger charge is 1.96. The number of halogens is 1. The highest BCUT2D eigenvalue weighted by atomic mass is 35.5. The fraction of sp³-hybridized carbons (Fsp3) is 0.0625. The first-order chi connectivity index (χ1) is 9.40. The molecule has 0 atom stereocenters. The van der Waals surface area contributed by atoms with E-state index in [1.807, 2.05) is 30.3 Å². The minimum absolute atomic E-state index is 0.570. The molecule has 3 aromatic rings. The van der Waals surface area contributed by atoms with Crippen molar-refractivity contribution in [1.29, 1.82) is 0 Å². The molecule has 0 bridgehead atoms. The number of nitrogens with zero attached hydrogens (tertiary/aromatic N) is 1. The number of nitrogens with one attached hydrogen (secondary N) is 1. The Labute approximate surface area is 118 Å². The molecular weight excluding hydrogens is 256 g/mol. The van der Waals surface area contributed by atoms with E-state index in [1.165, 1.54) is 11.1 Å². The SMILES string of the molecule is ClCc1cccc(-c2ccccc2)c1.c1c[nH]cn1. The molecule has 0 amide bonds. The van der Waals surface area contributed by atoms with Crippen LogP contribution in [0.4, 0.5) is 0 Å². The lowest BCUT2D eigenvalue weighted by Gasteiger charge is -2.02. The van der Waals surface area contributed by atoms with Crippen molar-refractivity contribution >= 4 is 11.6 Å². The Hall–Kier alpha value is -2.06. The number of alkyl halides is 1. The summed E-state index contributed by atoms with van der Waals surface area (Å²) in [4.78, 5) is 6.42. The molecule has 0 aliphatic carbocycles. The summed E-state index contributed by atoms with van der Waals surface area (Å²) in [6, 6.07) is 18.6. The zero-order chi connectivity index (χ0) is 13.3. The molecule has 0 aliphatic rings. The minimum atomic E-state index is 0.570. The highest BCUT2D eigenvalue weighted by molar-refractivity contribution is 6.17. The van der Waals surface area contributed by atoms with Gasteiger partial charge in [0.1, 0.15) is 0 Å². The lowest BCUT2D eigenvalue weighted by atomic mass is 10.0. The molecule has 1 aromatic heterocycles. The molecule has 0 spiro atoms. The highest BCUT2D eigenvalue weighted by Crippen LogP contribution is 2.20. The van der Waals surface area contributed by atoms with Gasteiger partial charge in [-0.3, -0.25) is 0 Å². The van der Waals surface area contributed by atoms with Crippen LogP contribution in [0.15, 0.2) is 73.3 Å².